The fourth-order valence-corrected chi connectivity index (χ4v) is 5.27. The zero-order valence-corrected chi connectivity index (χ0v) is 11.3. The lowest BCUT2D eigenvalue weighted by Crippen LogP contribution is -2.48. The van der Waals surface area contributed by atoms with E-state index in [1.807, 2.05) is 0 Å². The molecule has 0 radical (unpaired) electrons. The van der Waals surface area contributed by atoms with Gasteiger partial charge < -0.3 is 9.52 Å². The van der Waals surface area contributed by atoms with Gasteiger partial charge in [0.2, 0.25) is 0 Å². The highest BCUT2D eigenvalue weighted by molar-refractivity contribution is 5.86. The topological polar surface area (TPSA) is 67.5 Å². The number of hydrogen-bond acceptors (Lipinski definition) is 3. The van der Waals surface area contributed by atoms with Crippen molar-refractivity contribution in [2.45, 2.75) is 43.9 Å². The molecular formula is C16H18O4. The number of hydrogen-bond donors (Lipinski definition) is 1. The van der Waals surface area contributed by atoms with Gasteiger partial charge >= 0.3 is 11.6 Å². The highest BCUT2D eigenvalue weighted by Crippen LogP contribution is 2.60. The Kier molecular flexibility index (Phi) is 2.41. The highest BCUT2D eigenvalue weighted by atomic mass is 16.4. The number of aromatic carboxylic acids is 1. The standard InChI is InChI=1S/C16H18O4/c17-14(18)12-1-2-13(20-15(12)19)16-6-9-3-10(7-16)5-11(4-9)8-16/h1-2,9-11H,3-8H2,(H,17,18). The molecule has 0 atom stereocenters. The van der Waals surface area contributed by atoms with Crippen molar-refractivity contribution in [2.75, 3.05) is 0 Å². The van der Waals surface area contributed by atoms with E-state index >= 15 is 0 Å². The third-order valence-electron chi connectivity index (χ3n) is 5.62. The third-order valence-corrected chi connectivity index (χ3v) is 5.62. The number of carboxylic acids is 1. The second-order valence-corrected chi connectivity index (χ2v) is 7.00. The maximum Gasteiger partial charge on any atom is 0.350 e. The van der Waals surface area contributed by atoms with Gasteiger partial charge in [-0.1, -0.05) is 0 Å². The lowest BCUT2D eigenvalue weighted by Gasteiger charge is -2.56. The minimum Gasteiger partial charge on any atom is -0.477 e. The highest BCUT2D eigenvalue weighted by Gasteiger charge is 2.53. The van der Waals surface area contributed by atoms with Gasteiger partial charge in [0.25, 0.3) is 0 Å². The van der Waals surface area contributed by atoms with Crippen LogP contribution < -0.4 is 5.63 Å². The van der Waals surface area contributed by atoms with Crippen LogP contribution in [0.5, 0.6) is 0 Å². The molecule has 0 aliphatic heterocycles. The first-order valence-electron chi connectivity index (χ1n) is 7.44. The first-order valence-corrected chi connectivity index (χ1v) is 7.44. The van der Waals surface area contributed by atoms with Gasteiger partial charge in [0.1, 0.15) is 11.3 Å². The van der Waals surface area contributed by atoms with E-state index in [1.165, 1.54) is 25.3 Å². The van der Waals surface area contributed by atoms with Crippen LogP contribution in [0.15, 0.2) is 21.3 Å². The molecule has 0 unspecified atom stereocenters. The number of rotatable bonds is 2. The predicted molar refractivity (Wildman–Crippen MR) is 71.8 cm³/mol. The maximum atomic E-state index is 11.8. The van der Waals surface area contributed by atoms with Crippen molar-refractivity contribution < 1.29 is 14.3 Å². The lowest BCUT2D eigenvalue weighted by atomic mass is 9.49. The Morgan fingerprint density at radius 1 is 1.10 bits per heavy atom. The molecule has 0 spiro atoms. The molecule has 20 heavy (non-hydrogen) atoms. The first-order chi connectivity index (χ1) is 9.56. The normalized spacial score (nSPS) is 38.1. The molecular weight excluding hydrogens is 256 g/mol. The SMILES string of the molecule is O=C(O)c1ccc(C23CC4CC(CC(C4)C2)C3)oc1=O. The van der Waals surface area contributed by atoms with Gasteiger partial charge in [-0.15, -0.1) is 0 Å². The van der Waals surface area contributed by atoms with Crippen LogP contribution in [0, 0.1) is 17.8 Å². The zero-order chi connectivity index (χ0) is 13.9. The summed E-state index contributed by atoms with van der Waals surface area (Å²) < 4.78 is 5.42. The first kappa shape index (κ1) is 12.2. The number of carbonyl (C=O) groups is 1. The number of carboxylic acid groups (broad SMARTS) is 1. The summed E-state index contributed by atoms with van der Waals surface area (Å²) >= 11 is 0. The van der Waals surface area contributed by atoms with E-state index in [4.69, 9.17) is 9.52 Å². The second-order valence-electron chi connectivity index (χ2n) is 7.00. The fraction of sp³-hybridized carbons (Fsp3) is 0.625. The van der Waals surface area contributed by atoms with E-state index in [0.29, 0.717) is 0 Å². The van der Waals surface area contributed by atoms with Crippen LogP contribution in [0.2, 0.25) is 0 Å². The Morgan fingerprint density at radius 3 is 2.10 bits per heavy atom. The molecule has 1 heterocycles. The molecule has 4 heteroatoms. The fourth-order valence-electron chi connectivity index (χ4n) is 5.27. The summed E-state index contributed by atoms with van der Waals surface area (Å²) in [5.41, 5.74) is -0.963. The molecule has 5 rings (SSSR count). The maximum absolute atomic E-state index is 11.8. The van der Waals surface area contributed by atoms with Crippen LogP contribution in [-0.4, -0.2) is 11.1 Å². The molecule has 4 saturated carbocycles. The van der Waals surface area contributed by atoms with Crippen LogP contribution in [0.25, 0.3) is 0 Å². The van der Waals surface area contributed by atoms with Gasteiger partial charge in [0.15, 0.2) is 0 Å². The average molecular weight is 274 g/mol. The second kappa shape index (κ2) is 3.96. The summed E-state index contributed by atoms with van der Waals surface area (Å²) in [6.07, 6.45) is 7.31. The van der Waals surface area contributed by atoms with Crippen molar-refractivity contribution in [2.24, 2.45) is 17.8 Å². The summed E-state index contributed by atoms with van der Waals surface area (Å²) in [6, 6.07) is 3.15. The molecule has 1 aromatic heterocycles. The van der Waals surface area contributed by atoms with Gasteiger partial charge in [-0.3, -0.25) is 0 Å². The summed E-state index contributed by atoms with van der Waals surface area (Å²) in [7, 11) is 0. The zero-order valence-electron chi connectivity index (χ0n) is 11.3. The van der Waals surface area contributed by atoms with E-state index in [1.54, 1.807) is 6.07 Å². The summed E-state index contributed by atoms with van der Waals surface area (Å²) in [6.45, 7) is 0. The van der Waals surface area contributed by atoms with Crippen LogP contribution in [0.4, 0.5) is 0 Å². The van der Waals surface area contributed by atoms with E-state index in [-0.39, 0.29) is 11.0 Å². The minimum atomic E-state index is -1.21. The van der Waals surface area contributed by atoms with E-state index in [9.17, 15) is 9.59 Å². The molecule has 4 nitrogen and oxygen atoms in total. The molecule has 1 aromatic rings. The largest absolute Gasteiger partial charge is 0.477 e. The summed E-state index contributed by atoms with van der Waals surface area (Å²) in [4.78, 5) is 22.7. The summed E-state index contributed by atoms with van der Waals surface area (Å²) in [5, 5.41) is 8.93. The lowest BCUT2D eigenvalue weighted by molar-refractivity contribution is -0.0166. The van der Waals surface area contributed by atoms with E-state index in [2.05, 4.69) is 0 Å². The van der Waals surface area contributed by atoms with Crippen LogP contribution in [0.3, 0.4) is 0 Å². The molecule has 4 aliphatic carbocycles. The van der Waals surface area contributed by atoms with Gasteiger partial charge in [0.05, 0.1) is 0 Å². The minimum absolute atomic E-state index is 0.00490. The molecule has 4 bridgehead atoms. The van der Waals surface area contributed by atoms with Crippen molar-refractivity contribution >= 4 is 5.97 Å². The molecule has 1 N–H and O–H groups in total. The predicted octanol–water partition coefficient (Wildman–Crippen LogP) is 2.81. The Hall–Kier alpha value is -1.58. The van der Waals surface area contributed by atoms with Crippen molar-refractivity contribution in [3.05, 3.63) is 33.9 Å². The van der Waals surface area contributed by atoms with Gasteiger partial charge in [-0.05, 0) is 68.4 Å². The van der Waals surface area contributed by atoms with Gasteiger partial charge in [-0.25, -0.2) is 9.59 Å². The van der Waals surface area contributed by atoms with Crippen LogP contribution >= 0.6 is 0 Å². The van der Waals surface area contributed by atoms with Gasteiger partial charge in [-0.2, -0.15) is 0 Å². The molecule has 4 aliphatic rings. The van der Waals surface area contributed by atoms with Gasteiger partial charge in [0, 0.05) is 5.41 Å². The monoisotopic (exact) mass is 274 g/mol. The molecule has 106 valence electrons. The third kappa shape index (κ3) is 1.67. The van der Waals surface area contributed by atoms with Crippen molar-refractivity contribution in [1.29, 1.82) is 0 Å². The Labute approximate surface area is 116 Å². The Bertz CT molecular complexity index is 592. The Balaban J connectivity index is 1.76. The molecule has 0 amide bonds. The van der Waals surface area contributed by atoms with E-state index in [0.717, 1.165) is 42.8 Å². The van der Waals surface area contributed by atoms with Crippen LogP contribution in [-0.2, 0) is 5.41 Å². The quantitative estimate of drug-likeness (QED) is 0.900. The van der Waals surface area contributed by atoms with Crippen molar-refractivity contribution in [1.82, 2.24) is 0 Å². The molecule has 0 aromatic carbocycles. The van der Waals surface area contributed by atoms with Crippen molar-refractivity contribution in [3.63, 3.8) is 0 Å². The molecule has 0 saturated heterocycles. The molecule has 4 fully saturated rings. The van der Waals surface area contributed by atoms with Crippen LogP contribution in [0.1, 0.15) is 54.6 Å². The van der Waals surface area contributed by atoms with Crippen molar-refractivity contribution in [3.8, 4) is 0 Å². The summed E-state index contributed by atoms with van der Waals surface area (Å²) in [5.74, 6) is 1.82. The smallest absolute Gasteiger partial charge is 0.350 e. The van der Waals surface area contributed by atoms with E-state index < -0.39 is 11.6 Å². The average Bonchev–Trinajstić information content (AvgIpc) is 2.36. The Morgan fingerprint density at radius 2 is 1.65 bits per heavy atom.